The lowest BCUT2D eigenvalue weighted by Gasteiger charge is -2.30. The van der Waals surface area contributed by atoms with Crippen molar-refractivity contribution in [2.24, 2.45) is 0 Å². The van der Waals surface area contributed by atoms with E-state index in [9.17, 15) is 9.18 Å². The molecule has 0 amide bonds. The number of rotatable bonds is 3. The Morgan fingerprint density at radius 1 is 1.38 bits per heavy atom. The first-order valence-corrected chi connectivity index (χ1v) is 6.79. The Morgan fingerprint density at radius 2 is 2.14 bits per heavy atom. The van der Waals surface area contributed by atoms with Gasteiger partial charge in [-0.15, -0.1) is 5.10 Å². The summed E-state index contributed by atoms with van der Waals surface area (Å²) < 4.78 is 24.7. The van der Waals surface area contributed by atoms with Gasteiger partial charge in [-0.05, 0) is 31.2 Å². The normalized spacial score (nSPS) is 19.8. The molecule has 1 aliphatic heterocycles. The molecule has 0 bridgehead atoms. The summed E-state index contributed by atoms with van der Waals surface area (Å²) in [4.78, 5) is 13.9. The third-order valence-electron chi connectivity index (χ3n) is 3.36. The van der Waals surface area contributed by atoms with Gasteiger partial charge in [-0.3, -0.25) is 4.90 Å². The summed E-state index contributed by atoms with van der Waals surface area (Å²) in [7, 11) is 0. The summed E-state index contributed by atoms with van der Waals surface area (Å²) in [5.41, 5.74) is 0.572. The van der Waals surface area contributed by atoms with Crippen molar-refractivity contribution in [1.82, 2.24) is 14.7 Å². The van der Waals surface area contributed by atoms with Crippen molar-refractivity contribution in [2.75, 3.05) is 19.7 Å². The van der Waals surface area contributed by atoms with Crippen molar-refractivity contribution < 1.29 is 13.5 Å². The maximum atomic E-state index is 12.9. The third kappa shape index (κ3) is 3.20. The van der Waals surface area contributed by atoms with Crippen LogP contribution < -0.4 is 5.76 Å². The summed E-state index contributed by atoms with van der Waals surface area (Å²) in [6.45, 7) is 4.47. The van der Waals surface area contributed by atoms with Crippen molar-refractivity contribution in [2.45, 2.75) is 19.7 Å². The zero-order valence-electron chi connectivity index (χ0n) is 11.7. The monoisotopic (exact) mass is 293 g/mol. The van der Waals surface area contributed by atoms with Crippen LogP contribution in [0.5, 0.6) is 0 Å². The van der Waals surface area contributed by atoms with Gasteiger partial charge < -0.3 is 9.15 Å². The summed E-state index contributed by atoms with van der Waals surface area (Å²) in [6.07, 6.45) is 0.137. The van der Waals surface area contributed by atoms with E-state index in [2.05, 4.69) is 10.00 Å². The largest absolute Gasteiger partial charge is 0.438 e. The zero-order chi connectivity index (χ0) is 14.8. The summed E-state index contributed by atoms with van der Waals surface area (Å²) in [6, 6.07) is 5.67. The van der Waals surface area contributed by atoms with Crippen LogP contribution >= 0.6 is 0 Å². The lowest BCUT2D eigenvalue weighted by molar-refractivity contribution is -0.0312. The van der Waals surface area contributed by atoms with Crippen LogP contribution in [0.2, 0.25) is 0 Å². The number of morpholine rings is 1. The van der Waals surface area contributed by atoms with Crippen molar-refractivity contribution in [3.8, 4) is 11.5 Å². The van der Waals surface area contributed by atoms with Gasteiger partial charge in [-0.2, -0.15) is 4.68 Å². The molecule has 1 aromatic carbocycles. The molecule has 0 unspecified atom stereocenters. The molecule has 0 N–H and O–H groups in total. The molecule has 1 aromatic heterocycles. The molecule has 1 fully saturated rings. The Morgan fingerprint density at radius 3 is 2.86 bits per heavy atom. The SMILES string of the molecule is C[C@@H]1CN(Cn2nc(-c3ccc(F)cc3)oc2=O)CCO1. The van der Waals surface area contributed by atoms with E-state index in [1.165, 1.54) is 28.9 Å². The Bertz CT molecular complexity index is 665. The van der Waals surface area contributed by atoms with Crippen LogP contribution in [0.25, 0.3) is 11.5 Å². The van der Waals surface area contributed by atoms with Crippen LogP contribution in [0.15, 0.2) is 33.5 Å². The summed E-state index contributed by atoms with van der Waals surface area (Å²) in [5.74, 6) is -0.669. The molecular formula is C14H16FN3O3. The van der Waals surface area contributed by atoms with Crippen LogP contribution in [0.3, 0.4) is 0 Å². The molecule has 0 saturated carbocycles. The second-order valence-corrected chi connectivity index (χ2v) is 5.08. The fourth-order valence-electron chi connectivity index (χ4n) is 2.31. The topological polar surface area (TPSA) is 60.5 Å². The number of ether oxygens (including phenoxy) is 1. The van der Waals surface area contributed by atoms with E-state index in [-0.39, 0.29) is 17.8 Å². The predicted molar refractivity (Wildman–Crippen MR) is 73.1 cm³/mol. The minimum absolute atomic E-state index is 0.137. The zero-order valence-corrected chi connectivity index (χ0v) is 11.7. The molecule has 7 heteroatoms. The number of nitrogens with zero attached hydrogens (tertiary/aromatic N) is 3. The van der Waals surface area contributed by atoms with E-state index >= 15 is 0 Å². The average Bonchev–Trinajstić information content (AvgIpc) is 2.81. The predicted octanol–water partition coefficient (Wildman–Crippen LogP) is 1.32. The van der Waals surface area contributed by atoms with Gasteiger partial charge in [-0.1, -0.05) is 0 Å². The summed E-state index contributed by atoms with van der Waals surface area (Å²) >= 11 is 0. The maximum Gasteiger partial charge on any atom is 0.438 e. The number of halogens is 1. The highest BCUT2D eigenvalue weighted by Crippen LogP contribution is 2.15. The van der Waals surface area contributed by atoms with Gasteiger partial charge in [0.1, 0.15) is 12.5 Å². The van der Waals surface area contributed by atoms with Gasteiger partial charge >= 0.3 is 5.76 Å². The molecule has 2 aromatic rings. The molecule has 0 spiro atoms. The molecule has 112 valence electrons. The minimum Gasteiger partial charge on any atom is -0.388 e. The third-order valence-corrected chi connectivity index (χ3v) is 3.36. The van der Waals surface area contributed by atoms with Gasteiger partial charge in [0, 0.05) is 18.7 Å². The smallest absolute Gasteiger partial charge is 0.388 e. The van der Waals surface area contributed by atoms with Crippen molar-refractivity contribution in [3.63, 3.8) is 0 Å². The number of hydrogen-bond acceptors (Lipinski definition) is 5. The van der Waals surface area contributed by atoms with Crippen LogP contribution in [0.4, 0.5) is 4.39 Å². The quantitative estimate of drug-likeness (QED) is 0.854. The molecule has 1 aliphatic rings. The van der Waals surface area contributed by atoms with Crippen LogP contribution in [-0.2, 0) is 11.4 Å². The second-order valence-electron chi connectivity index (χ2n) is 5.08. The molecule has 3 rings (SSSR count). The highest BCUT2D eigenvalue weighted by Gasteiger charge is 2.19. The van der Waals surface area contributed by atoms with Crippen molar-refractivity contribution in [1.29, 1.82) is 0 Å². The fraction of sp³-hybridized carbons (Fsp3) is 0.429. The Labute approximate surface area is 120 Å². The van der Waals surface area contributed by atoms with Crippen molar-refractivity contribution >= 4 is 0 Å². The second kappa shape index (κ2) is 5.79. The lowest BCUT2D eigenvalue weighted by atomic mass is 10.2. The minimum atomic E-state index is -0.520. The standard InChI is InChI=1S/C14H16FN3O3/c1-10-8-17(6-7-20-10)9-18-14(19)21-13(16-18)11-2-4-12(15)5-3-11/h2-5,10H,6-9H2,1H3/t10-/m1/s1. The van der Waals surface area contributed by atoms with Crippen LogP contribution in [0, 0.1) is 5.82 Å². The molecular weight excluding hydrogens is 277 g/mol. The maximum absolute atomic E-state index is 12.9. The van der Waals surface area contributed by atoms with E-state index in [1.54, 1.807) is 0 Å². The first-order valence-electron chi connectivity index (χ1n) is 6.79. The van der Waals surface area contributed by atoms with E-state index in [1.807, 2.05) is 6.92 Å². The highest BCUT2D eigenvalue weighted by molar-refractivity contribution is 5.51. The molecule has 2 heterocycles. The van der Waals surface area contributed by atoms with Gasteiger partial charge in [0.15, 0.2) is 0 Å². The van der Waals surface area contributed by atoms with Gasteiger partial charge in [0.25, 0.3) is 0 Å². The lowest BCUT2D eigenvalue weighted by Crippen LogP contribution is -2.43. The van der Waals surface area contributed by atoms with E-state index in [0.717, 1.165) is 13.1 Å². The summed E-state index contributed by atoms with van der Waals surface area (Å²) in [5, 5.41) is 4.16. The van der Waals surface area contributed by atoms with E-state index in [0.29, 0.717) is 18.8 Å². The molecule has 21 heavy (non-hydrogen) atoms. The van der Waals surface area contributed by atoms with Gasteiger partial charge in [0.2, 0.25) is 5.89 Å². The Kier molecular flexibility index (Phi) is 3.85. The number of benzene rings is 1. The first kappa shape index (κ1) is 14.0. The van der Waals surface area contributed by atoms with Crippen molar-refractivity contribution in [3.05, 3.63) is 40.6 Å². The average molecular weight is 293 g/mol. The molecule has 1 atom stereocenters. The van der Waals surface area contributed by atoms with Crippen LogP contribution in [-0.4, -0.2) is 40.5 Å². The molecule has 6 nitrogen and oxygen atoms in total. The molecule has 1 saturated heterocycles. The highest BCUT2D eigenvalue weighted by atomic mass is 19.1. The Hall–Kier alpha value is -1.99. The Balaban J connectivity index is 1.78. The van der Waals surface area contributed by atoms with E-state index in [4.69, 9.17) is 9.15 Å². The number of aromatic nitrogens is 2. The van der Waals surface area contributed by atoms with Crippen LogP contribution in [0.1, 0.15) is 6.92 Å². The first-order chi connectivity index (χ1) is 10.1. The number of hydrogen-bond donors (Lipinski definition) is 0. The molecule has 0 aliphatic carbocycles. The molecule has 0 radical (unpaired) electrons. The van der Waals surface area contributed by atoms with Gasteiger partial charge in [0.05, 0.1) is 12.7 Å². The fourth-order valence-corrected chi connectivity index (χ4v) is 2.31. The van der Waals surface area contributed by atoms with E-state index < -0.39 is 5.76 Å². The van der Waals surface area contributed by atoms with Gasteiger partial charge in [-0.25, -0.2) is 9.18 Å².